The summed E-state index contributed by atoms with van der Waals surface area (Å²) < 4.78 is 43.5. The van der Waals surface area contributed by atoms with E-state index in [0.717, 1.165) is 11.1 Å². The zero-order valence-corrected chi connectivity index (χ0v) is 22.9. The SMILES string of the molecule is COc1cc(OC)c(F)c(N(Cc2ccn(S(=O)N(C)C)n2)c2ccc3ncc(-c4cnn(C)c4)cc3n2)c1. The summed E-state index contributed by atoms with van der Waals surface area (Å²) in [5.41, 5.74) is 3.78. The van der Waals surface area contributed by atoms with Gasteiger partial charge in [-0.2, -0.15) is 14.3 Å². The molecule has 0 aliphatic rings. The van der Waals surface area contributed by atoms with Gasteiger partial charge in [0, 0.05) is 63.0 Å². The number of halogens is 1. The molecule has 0 aliphatic carbocycles. The minimum Gasteiger partial charge on any atom is -0.497 e. The molecule has 0 amide bonds. The highest BCUT2D eigenvalue weighted by Crippen LogP contribution is 2.37. The molecule has 202 valence electrons. The number of hydrogen-bond donors (Lipinski definition) is 0. The topological polar surface area (TPSA) is 103 Å². The van der Waals surface area contributed by atoms with Gasteiger partial charge in [0.05, 0.1) is 49.4 Å². The fourth-order valence-electron chi connectivity index (χ4n) is 4.03. The fraction of sp³-hybridized carbons (Fsp3) is 0.231. The van der Waals surface area contributed by atoms with E-state index in [2.05, 4.69) is 15.2 Å². The van der Waals surface area contributed by atoms with E-state index in [-0.39, 0.29) is 18.0 Å². The Morgan fingerprint density at radius 2 is 1.85 bits per heavy atom. The van der Waals surface area contributed by atoms with Crippen LogP contribution in [-0.2, 0) is 24.8 Å². The lowest BCUT2D eigenvalue weighted by Crippen LogP contribution is -2.23. The fourth-order valence-corrected chi connectivity index (χ4v) is 4.70. The van der Waals surface area contributed by atoms with Gasteiger partial charge < -0.3 is 14.4 Å². The summed E-state index contributed by atoms with van der Waals surface area (Å²) in [7, 11) is 8.12. The number of nitrogens with zero attached hydrogens (tertiary/aromatic N) is 8. The number of hydrogen-bond acceptors (Lipinski definition) is 8. The van der Waals surface area contributed by atoms with Gasteiger partial charge >= 0.3 is 0 Å². The van der Waals surface area contributed by atoms with E-state index in [4.69, 9.17) is 14.5 Å². The van der Waals surface area contributed by atoms with Crippen LogP contribution in [0.25, 0.3) is 22.2 Å². The van der Waals surface area contributed by atoms with E-state index >= 15 is 4.39 Å². The molecule has 0 N–H and O–H groups in total. The molecule has 11 nitrogen and oxygen atoms in total. The second-order valence-corrected chi connectivity index (χ2v) is 10.4. The number of anilines is 2. The lowest BCUT2D eigenvalue weighted by Gasteiger charge is -2.25. The number of aryl methyl sites for hydroxylation is 1. The average Bonchev–Trinajstić information content (AvgIpc) is 3.60. The van der Waals surface area contributed by atoms with Crippen molar-refractivity contribution in [1.29, 1.82) is 0 Å². The van der Waals surface area contributed by atoms with E-state index in [9.17, 15) is 4.21 Å². The monoisotopic (exact) mass is 550 g/mol. The van der Waals surface area contributed by atoms with E-state index in [1.165, 1.54) is 28.7 Å². The van der Waals surface area contributed by atoms with Crippen LogP contribution >= 0.6 is 0 Å². The summed E-state index contributed by atoms with van der Waals surface area (Å²) in [5.74, 6) is 0.299. The van der Waals surface area contributed by atoms with Gasteiger partial charge in [0.25, 0.3) is 0 Å². The molecular formula is C26H27FN8O3S. The molecule has 0 aliphatic heterocycles. The first-order chi connectivity index (χ1) is 18.8. The van der Waals surface area contributed by atoms with Crippen molar-refractivity contribution in [3.8, 4) is 22.6 Å². The highest BCUT2D eigenvalue weighted by molar-refractivity contribution is 7.80. The number of ether oxygens (including phenoxy) is 2. The summed E-state index contributed by atoms with van der Waals surface area (Å²) in [6.45, 7) is 0.124. The predicted octanol–water partition coefficient (Wildman–Crippen LogP) is 3.71. The number of pyridine rings is 2. The van der Waals surface area contributed by atoms with Gasteiger partial charge in [-0.1, -0.05) is 0 Å². The van der Waals surface area contributed by atoms with Crippen molar-refractivity contribution in [2.75, 3.05) is 33.2 Å². The molecule has 4 aromatic heterocycles. The Balaban J connectivity index is 1.63. The molecule has 4 heterocycles. The van der Waals surface area contributed by atoms with Crippen molar-refractivity contribution in [2.24, 2.45) is 7.05 Å². The maximum absolute atomic E-state index is 15.7. The van der Waals surface area contributed by atoms with Crippen LogP contribution in [0.5, 0.6) is 11.5 Å². The number of fused-ring (bicyclic) bond motifs is 1. The zero-order valence-electron chi connectivity index (χ0n) is 22.1. The first kappa shape index (κ1) is 26.3. The summed E-state index contributed by atoms with van der Waals surface area (Å²) in [4.78, 5) is 11.1. The highest BCUT2D eigenvalue weighted by atomic mass is 32.2. The van der Waals surface area contributed by atoms with Gasteiger partial charge in [-0.3, -0.25) is 9.67 Å². The van der Waals surface area contributed by atoms with E-state index < -0.39 is 17.0 Å². The number of methoxy groups -OCH3 is 2. The molecule has 1 unspecified atom stereocenters. The molecule has 1 aromatic carbocycles. The second kappa shape index (κ2) is 10.8. The van der Waals surface area contributed by atoms with Crippen LogP contribution in [0.15, 0.2) is 61.2 Å². The van der Waals surface area contributed by atoms with Crippen molar-refractivity contribution in [3.63, 3.8) is 0 Å². The molecule has 0 fully saturated rings. The molecular weight excluding hydrogens is 523 g/mol. The molecule has 0 bridgehead atoms. The van der Waals surface area contributed by atoms with Crippen molar-refractivity contribution in [3.05, 3.63) is 72.7 Å². The zero-order chi connectivity index (χ0) is 27.7. The van der Waals surface area contributed by atoms with Crippen molar-refractivity contribution in [1.82, 2.24) is 33.2 Å². The van der Waals surface area contributed by atoms with Crippen LogP contribution < -0.4 is 14.4 Å². The third kappa shape index (κ3) is 5.31. The van der Waals surface area contributed by atoms with Crippen LogP contribution in [0.3, 0.4) is 0 Å². The highest BCUT2D eigenvalue weighted by Gasteiger charge is 2.22. The summed E-state index contributed by atoms with van der Waals surface area (Å²) >= 11 is -1.49. The molecule has 39 heavy (non-hydrogen) atoms. The normalized spacial score (nSPS) is 12.2. The minimum atomic E-state index is -1.49. The Morgan fingerprint density at radius 3 is 2.54 bits per heavy atom. The molecule has 0 saturated heterocycles. The predicted molar refractivity (Wildman–Crippen MR) is 147 cm³/mol. The number of aromatic nitrogens is 6. The van der Waals surface area contributed by atoms with Gasteiger partial charge in [-0.25, -0.2) is 17.9 Å². The summed E-state index contributed by atoms with van der Waals surface area (Å²) in [6, 6.07) is 10.3. The van der Waals surface area contributed by atoms with Crippen LogP contribution in [0.2, 0.25) is 0 Å². The van der Waals surface area contributed by atoms with E-state index in [0.29, 0.717) is 28.3 Å². The minimum absolute atomic E-state index is 0.0231. The molecule has 1 atom stereocenters. The largest absolute Gasteiger partial charge is 0.497 e. The second-order valence-electron chi connectivity index (χ2n) is 8.84. The Morgan fingerprint density at radius 1 is 1.03 bits per heavy atom. The first-order valence-electron chi connectivity index (χ1n) is 11.9. The smallest absolute Gasteiger partial charge is 0.219 e. The number of benzene rings is 1. The number of rotatable bonds is 9. The average molecular weight is 551 g/mol. The Labute approximate surface area is 227 Å². The Hall–Kier alpha value is -4.36. The van der Waals surface area contributed by atoms with Crippen molar-refractivity contribution < 1.29 is 18.1 Å². The summed E-state index contributed by atoms with van der Waals surface area (Å²) in [5, 5.41) is 8.69. The molecule has 5 aromatic rings. The van der Waals surface area contributed by atoms with Gasteiger partial charge in [0.1, 0.15) is 11.6 Å². The molecule has 0 radical (unpaired) electrons. The Kier molecular flexibility index (Phi) is 7.26. The first-order valence-corrected chi connectivity index (χ1v) is 12.9. The third-order valence-corrected chi connectivity index (χ3v) is 7.14. The summed E-state index contributed by atoms with van der Waals surface area (Å²) in [6.07, 6.45) is 7.03. The van der Waals surface area contributed by atoms with Crippen molar-refractivity contribution in [2.45, 2.75) is 6.54 Å². The molecule has 5 rings (SSSR count). The quantitative estimate of drug-likeness (QED) is 0.274. The van der Waals surface area contributed by atoms with Gasteiger partial charge in [-0.05, 0) is 24.3 Å². The third-order valence-electron chi connectivity index (χ3n) is 5.99. The van der Waals surface area contributed by atoms with Gasteiger partial charge in [0.15, 0.2) is 11.6 Å². The van der Waals surface area contributed by atoms with Crippen molar-refractivity contribution >= 4 is 33.7 Å². The standard InChI is InChI=1S/C26H27FN8O3S/c1-32(2)39(36)35-9-8-19(31-35)16-34(23-11-20(37-4)12-24(38-5)26(23)27)25-7-6-21-22(30-25)10-17(13-28-21)18-14-29-33(3)15-18/h6-15H,16H2,1-5H3. The molecule has 0 saturated carbocycles. The molecule has 13 heteroatoms. The van der Waals surface area contributed by atoms with Crippen LogP contribution in [0.4, 0.5) is 15.9 Å². The lowest BCUT2D eigenvalue weighted by atomic mass is 10.1. The van der Waals surface area contributed by atoms with Gasteiger partial charge in [-0.15, -0.1) is 0 Å². The van der Waals surface area contributed by atoms with E-state index in [1.54, 1.807) is 60.5 Å². The lowest BCUT2D eigenvalue weighted by molar-refractivity contribution is 0.374. The van der Waals surface area contributed by atoms with Crippen LogP contribution in [0, 0.1) is 5.82 Å². The van der Waals surface area contributed by atoms with E-state index in [1.807, 2.05) is 25.4 Å². The maximum atomic E-state index is 15.7. The van der Waals surface area contributed by atoms with Crippen LogP contribution in [0.1, 0.15) is 5.69 Å². The Bertz CT molecular complexity index is 1670. The molecule has 0 spiro atoms. The maximum Gasteiger partial charge on any atom is 0.219 e. The van der Waals surface area contributed by atoms with Gasteiger partial charge in [0.2, 0.25) is 11.2 Å². The van der Waals surface area contributed by atoms with Crippen LogP contribution in [-0.4, -0.2) is 65.8 Å².